The number of esters is 1. The second-order valence-electron chi connectivity index (χ2n) is 3.40. The molecule has 4 heteroatoms. The molecule has 0 amide bonds. The Hall–Kier alpha value is -2.62. The molecule has 1 aromatic heterocycles. The molecule has 4 nitrogen and oxygen atoms in total. The molecule has 18 heavy (non-hydrogen) atoms. The van der Waals surface area contributed by atoms with Crippen LogP contribution in [-0.4, -0.2) is 11.0 Å². The van der Waals surface area contributed by atoms with Crippen molar-refractivity contribution >= 4 is 5.97 Å². The number of ether oxygens (including phenoxy) is 2. The molecular formula is C14H11NO3. The molecule has 1 heterocycles. The summed E-state index contributed by atoms with van der Waals surface area (Å²) in [5.74, 6) is -0.0230. The van der Waals surface area contributed by atoms with Crippen LogP contribution in [0.5, 0.6) is 11.6 Å². The van der Waals surface area contributed by atoms with Crippen LogP contribution in [0.1, 0.15) is 0 Å². The first kappa shape index (κ1) is 11.9. The molecule has 0 atom stereocenters. The summed E-state index contributed by atoms with van der Waals surface area (Å²) in [6.07, 6.45) is 1.56. The zero-order chi connectivity index (χ0) is 12.8. The molecule has 0 N–H and O–H groups in total. The average molecular weight is 241 g/mol. The summed E-state index contributed by atoms with van der Waals surface area (Å²) in [5.41, 5.74) is 0. The van der Waals surface area contributed by atoms with Crippen molar-refractivity contribution in [1.82, 2.24) is 4.98 Å². The molecule has 0 unspecified atom stereocenters. The number of para-hydroxylation sites is 1. The maximum Gasteiger partial charge on any atom is 0.379 e. The Balaban J connectivity index is 1.96. The molecule has 0 radical (unpaired) electrons. The van der Waals surface area contributed by atoms with Crippen molar-refractivity contribution in [1.29, 1.82) is 0 Å². The van der Waals surface area contributed by atoms with E-state index in [4.69, 9.17) is 9.47 Å². The fourth-order valence-electron chi connectivity index (χ4n) is 1.23. The maximum atomic E-state index is 11.6. The number of nitrogens with zero attached hydrogens (tertiary/aromatic N) is 1. The van der Waals surface area contributed by atoms with Crippen molar-refractivity contribution in [3.8, 4) is 11.6 Å². The van der Waals surface area contributed by atoms with Gasteiger partial charge >= 0.3 is 5.97 Å². The smallest absolute Gasteiger partial charge is 0.379 e. The fraction of sp³-hybridized carbons (Fsp3) is 0. The summed E-state index contributed by atoms with van der Waals surface area (Å²) in [5, 5.41) is 0. The van der Waals surface area contributed by atoms with Gasteiger partial charge in [-0.3, -0.25) is 0 Å². The lowest BCUT2D eigenvalue weighted by atomic mass is 10.3. The minimum Gasteiger partial charge on any atom is -0.432 e. The summed E-state index contributed by atoms with van der Waals surface area (Å²) >= 11 is 0. The third kappa shape index (κ3) is 3.18. The van der Waals surface area contributed by atoms with Gasteiger partial charge in [0.1, 0.15) is 5.75 Å². The third-order valence-electron chi connectivity index (χ3n) is 2.05. The molecule has 0 aliphatic carbocycles. The van der Waals surface area contributed by atoms with E-state index in [9.17, 15) is 4.79 Å². The van der Waals surface area contributed by atoms with E-state index in [0.717, 1.165) is 0 Å². The maximum absolute atomic E-state index is 11.6. The topological polar surface area (TPSA) is 48.4 Å². The van der Waals surface area contributed by atoms with Crippen LogP contribution in [-0.2, 0) is 4.79 Å². The molecule has 1 aromatic carbocycles. The van der Waals surface area contributed by atoms with E-state index in [1.54, 1.807) is 48.7 Å². The molecule has 0 aliphatic heterocycles. The van der Waals surface area contributed by atoms with Crippen LogP contribution in [0.4, 0.5) is 0 Å². The van der Waals surface area contributed by atoms with Gasteiger partial charge in [-0.1, -0.05) is 24.3 Å². The van der Waals surface area contributed by atoms with Crippen LogP contribution in [0.15, 0.2) is 67.1 Å². The Morgan fingerprint density at radius 2 is 1.72 bits per heavy atom. The monoisotopic (exact) mass is 241 g/mol. The van der Waals surface area contributed by atoms with Gasteiger partial charge in [-0.15, -0.1) is 0 Å². The number of rotatable bonds is 4. The van der Waals surface area contributed by atoms with Gasteiger partial charge in [-0.2, -0.15) is 0 Å². The van der Waals surface area contributed by atoms with Gasteiger partial charge in [0.05, 0.1) is 0 Å². The van der Waals surface area contributed by atoms with Crippen molar-refractivity contribution in [2.24, 2.45) is 0 Å². The summed E-state index contributed by atoms with van der Waals surface area (Å²) < 4.78 is 10.2. The van der Waals surface area contributed by atoms with Gasteiger partial charge in [0.2, 0.25) is 11.6 Å². The molecule has 2 rings (SSSR count). The van der Waals surface area contributed by atoms with Crippen molar-refractivity contribution in [3.05, 3.63) is 67.1 Å². The highest BCUT2D eigenvalue weighted by molar-refractivity contribution is 5.87. The van der Waals surface area contributed by atoms with Crippen LogP contribution >= 0.6 is 0 Å². The summed E-state index contributed by atoms with van der Waals surface area (Å²) in [6, 6.07) is 13.8. The second kappa shape index (κ2) is 5.63. The number of carbonyl (C=O) groups excluding carboxylic acids is 1. The Labute approximate surface area is 105 Å². The van der Waals surface area contributed by atoms with Gasteiger partial charge in [0.25, 0.3) is 0 Å². The van der Waals surface area contributed by atoms with E-state index in [1.165, 1.54) is 0 Å². The van der Waals surface area contributed by atoms with Crippen LogP contribution < -0.4 is 9.47 Å². The average Bonchev–Trinajstić information content (AvgIpc) is 2.41. The lowest BCUT2D eigenvalue weighted by Crippen LogP contribution is -2.15. The zero-order valence-corrected chi connectivity index (χ0v) is 9.58. The third-order valence-corrected chi connectivity index (χ3v) is 2.05. The van der Waals surface area contributed by atoms with Gasteiger partial charge in [-0.25, -0.2) is 9.78 Å². The minimum absolute atomic E-state index is 0.113. The highest BCUT2D eigenvalue weighted by Crippen LogP contribution is 2.13. The first-order valence-electron chi connectivity index (χ1n) is 5.31. The molecule has 0 aliphatic rings. The van der Waals surface area contributed by atoms with Gasteiger partial charge in [0, 0.05) is 12.3 Å². The van der Waals surface area contributed by atoms with E-state index >= 15 is 0 Å². The molecule has 2 aromatic rings. The van der Waals surface area contributed by atoms with Crippen LogP contribution in [0, 0.1) is 0 Å². The number of pyridine rings is 1. The van der Waals surface area contributed by atoms with E-state index in [-0.39, 0.29) is 5.76 Å². The quantitative estimate of drug-likeness (QED) is 0.357. The molecule has 0 fully saturated rings. The molecule has 0 bridgehead atoms. The van der Waals surface area contributed by atoms with Crippen LogP contribution in [0.25, 0.3) is 0 Å². The van der Waals surface area contributed by atoms with Crippen molar-refractivity contribution in [2.45, 2.75) is 0 Å². The summed E-state index contributed by atoms with van der Waals surface area (Å²) in [4.78, 5) is 15.6. The molecule has 90 valence electrons. The second-order valence-corrected chi connectivity index (χ2v) is 3.40. The molecular weight excluding hydrogens is 230 g/mol. The predicted molar refractivity (Wildman–Crippen MR) is 66.1 cm³/mol. The zero-order valence-electron chi connectivity index (χ0n) is 9.58. The number of benzene rings is 1. The van der Waals surface area contributed by atoms with E-state index in [0.29, 0.717) is 11.6 Å². The van der Waals surface area contributed by atoms with Crippen molar-refractivity contribution in [2.75, 3.05) is 0 Å². The van der Waals surface area contributed by atoms with E-state index in [1.807, 2.05) is 6.07 Å². The van der Waals surface area contributed by atoms with Crippen molar-refractivity contribution < 1.29 is 14.3 Å². The van der Waals surface area contributed by atoms with Gasteiger partial charge < -0.3 is 9.47 Å². The normalized spacial score (nSPS) is 9.56. The van der Waals surface area contributed by atoms with E-state index < -0.39 is 5.97 Å². The Morgan fingerprint density at radius 1 is 1.00 bits per heavy atom. The number of hydrogen-bond acceptors (Lipinski definition) is 4. The Morgan fingerprint density at radius 3 is 2.39 bits per heavy atom. The van der Waals surface area contributed by atoms with Crippen molar-refractivity contribution in [3.63, 3.8) is 0 Å². The molecule has 0 saturated carbocycles. The first-order chi connectivity index (χ1) is 8.75. The number of carbonyl (C=O) groups is 1. The molecule has 0 spiro atoms. The van der Waals surface area contributed by atoms with Gasteiger partial charge in [-0.05, 0) is 24.8 Å². The summed E-state index contributed by atoms with van der Waals surface area (Å²) in [6.45, 7) is 3.51. The van der Waals surface area contributed by atoms with Crippen LogP contribution in [0.3, 0.4) is 0 Å². The standard InChI is InChI=1S/C14H11NO3/c1-11(17-13-9-5-6-10-15-13)14(16)18-12-7-3-2-4-8-12/h2-10H,1H2. The van der Waals surface area contributed by atoms with Gasteiger partial charge in [0.15, 0.2) is 0 Å². The Bertz CT molecular complexity index is 486. The number of aromatic nitrogens is 1. The van der Waals surface area contributed by atoms with E-state index in [2.05, 4.69) is 11.6 Å². The Kier molecular flexibility index (Phi) is 3.71. The lowest BCUT2D eigenvalue weighted by molar-refractivity contribution is -0.132. The first-order valence-corrected chi connectivity index (χ1v) is 5.31. The number of hydrogen-bond donors (Lipinski definition) is 0. The summed E-state index contributed by atoms with van der Waals surface area (Å²) in [7, 11) is 0. The minimum atomic E-state index is -0.646. The predicted octanol–water partition coefficient (Wildman–Crippen LogP) is 2.58. The SMILES string of the molecule is C=C(Oc1ccccn1)C(=O)Oc1ccccc1. The largest absolute Gasteiger partial charge is 0.432 e. The highest BCUT2D eigenvalue weighted by Gasteiger charge is 2.12. The lowest BCUT2D eigenvalue weighted by Gasteiger charge is -2.07. The van der Waals surface area contributed by atoms with Crippen LogP contribution in [0.2, 0.25) is 0 Å². The fourth-order valence-corrected chi connectivity index (χ4v) is 1.23. The molecule has 0 saturated heterocycles. The highest BCUT2D eigenvalue weighted by atomic mass is 16.6.